The van der Waals surface area contributed by atoms with Gasteiger partial charge in [-0.2, -0.15) is 0 Å². The minimum atomic E-state index is 0.499. The van der Waals surface area contributed by atoms with E-state index in [0.29, 0.717) is 12.2 Å². The number of ether oxygens (including phenoxy) is 1. The van der Waals surface area contributed by atoms with Crippen molar-refractivity contribution in [2.24, 2.45) is 11.8 Å². The van der Waals surface area contributed by atoms with Crippen molar-refractivity contribution >= 4 is 0 Å². The predicted octanol–water partition coefficient (Wildman–Crippen LogP) is 1.94. The van der Waals surface area contributed by atoms with Crippen LogP contribution in [0.5, 0.6) is 0 Å². The predicted molar refractivity (Wildman–Crippen MR) is 56.2 cm³/mol. The first-order valence-electron chi connectivity index (χ1n) is 6.22. The third-order valence-electron chi connectivity index (χ3n) is 4.27. The summed E-state index contributed by atoms with van der Waals surface area (Å²) in [6.07, 6.45) is 7.90. The second-order valence-corrected chi connectivity index (χ2v) is 5.40. The van der Waals surface area contributed by atoms with Crippen LogP contribution in [0, 0.1) is 11.8 Å². The zero-order valence-electron chi connectivity index (χ0n) is 9.04. The van der Waals surface area contributed by atoms with Gasteiger partial charge in [0, 0.05) is 12.6 Å². The largest absolute Gasteiger partial charge is 0.374 e. The minimum Gasteiger partial charge on any atom is -0.374 e. The topological polar surface area (TPSA) is 21.3 Å². The summed E-state index contributed by atoms with van der Waals surface area (Å²) in [5.41, 5.74) is 0. The molecule has 0 aromatic rings. The van der Waals surface area contributed by atoms with Crippen molar-refractivity contribution in [2.45, 2.75) is 57.3 Å². The lowest BCUT2D eigenvalue weighted by Gasteiger charge is -2.17. The van der Waals surface area contributed by atoms with Gasteiger partial charge in [-0.3, -0.25) is 0 Å². The molecule has 2 nitrogen and oxygen atoms in total. The molecule has 0 radical (unpaired) electrons. The molecule has 2 saturated carbocycles. The average Bonchev–Trinajstić information content (AvgIpc) is 2.66. The summed E-state index contributed by atoms with van der Waals surface area (Å²) >= 11 is 0. The van der Waals surface area contributed by atoms with Gasteiger partial charge in [0.2, 0.25) is 0 Å². The van der Waals surface area contributed by atoms with Crippen LogP contribution in [0.25, 0.3) is 0 Å². The molecule has 2 heteroatoms. The van der Waals surface area contributed by atoms with Gasteiger partial charge in [0.05, 0.1) is 12.2 Å². The molecule has 3 fully saturated rings. The highest BCUT2D eigenvalue weighted by Gasteiger charge is 2.47. The quantitative estimate of drug-likeness (QED) is 0.743. The summed E-state index contributed by atoms with van der Waals surface area (Å²) in [6.45, 7) is 3.28. The number of fused-ring (bicyclic) bond motifs is 1. The summed E-state index contributed by atoms with van der Waals surface area (Å²) in [4.78, 5) is 0. The van der Waals surface area contributed by atoms with E-state index < -0.39 is 0 Å². The molecule has 80 valence electrons. The van der Waals surface area contributed by atoms with Crippen LogP contribution in [-0.4, -0.2) is 24.8 Å². The molecule has 1 saturated heterocycles. The van der Waals surface area contributed by atoms with Gasteiger partial charge in [-0.05, 0) is 50.9 Å². The Hall–Kier alpha value is -0.0800. The molecule has 0 aromatic heterocycles. The molecular weight excluding hydrogens is 174 g/mol. The molecule has 3 aliphatic rings. The summed E-state index contributed by atoms with van der Waals surface area (Å²) in [5, 5.41) is 3.71. The van der Waals surface area contributed by atoms with E-state index in [1.54, 1.807) is 0 Å². The Balaban J connectivity index is 1.41. The van der Waals surface area contributed by atoms with E-state index in [-0.39, 0.29) is 0 Å². The summed E-state index contributed by atoms with van der Waals surface area (Å²) in [5.74, 6) is 2.13. The van der Waals surface area contributed by atoms with Gasteiger partial charge >= 0.3 is 0 Å². The lowest BCUT2D eigenvalue weighted by Crippen LogP contribution is -2.35. The third-order valence-corrected chi connectivity index (χ3v) is 4.27. The normalized spacial score (nSPS) is 50.8. The third kappa shape index (κ3) is 1.70. The van der Waals surface area contributed by atoms with E-state index in [9.17, 15) is 0 Å². The maximum atomic E-state index is 5.81. The van der Waals surface area contributed by atoms with E-state index >= 15 is 0 Å². The summed E-state index contributed by atoms with van der Waals surface area (Å²) in [7, 11) is 0. The first kappa shape index (κ1) is 9.17. The van der Waals surface area contributed by atoms with Crippen LogP contribution < -0.4 is 5.32 Å². The molecule has 1 heterocycles. The monoisotopic (exact) mass is 195 g/mol. The standard InChI is InChI=1S/C12H21NO/c1-8-2-4-10(14-8)7-13-12-5-3-9-6-11(9)12/h8-13H,2-7H2,1H3. The van der Waals surface area contributed by atoms with Crippen molar-refractivity contribution < 1.29 is 4.74 Å². The van der Waals surface area contributed by atoms with Gasteiger partial charge in [0.15, 0.2) is 0 Å². The van der Waals surface area contributed by atoms with Gasteiger partial charge < -0.3 is 10.1 Å². The lowest BCUT2D eigenvalue weighted by atomic mass is 10.1. The van der Waals surface area contributed by atoms with Gasteiger partial charge in [-0.15, -0.1) is 0 Å². The highest BCUT2D eigenvalue weighted by atomic mass is 16.5. The van der Waals surface area contributed by atoms with E-state index in [1.807, 2.05) is 0 Å². The Labute approximate surface area is 86.4 Å². The molecule has 3 rings (SSSR count). The molecule has 0 aromatic carbocycles. The number of hydrogen-bond acceptors (Lipinski definition) is 2. The van der Waals surface area contributed by atoms with Crippen LogP contribution in [0.2, 0.25) is 0 Å². The van der Waals surface area contributed by atoms with Gasteiger partial charge in [-0.1, -0.05) is 0 Å². The van der Waals surface area contributed by atoms with Crippen LogP contribution in [0.3, 0.4) is 0 Å². The van der Waals surface area contributed by atoms with E-state index in [1.165, 1.54) is 32.1 Å². The van der Waals surface area contributed by atoms with Crippen molar-refractivity contribution in [2.75, 3.05) is 6.54 Å². The molecule has 0 spiro atoms. The number of nitrogens with one attached hydrogen (secondary N) is 1. The second-order valence-electron chi connectivity index (χ2n) is 5.40. The Morgan fingerprint density at radius 2 is 2.14 bits per heavy atom. The molecule has 1 N–H and O–H groups in total. The Kier molecular flexibility index (Phi) is 2.29. The second kappa shape index (κ2) is 3.49. The van der Waals surface area contributed by atoms with Crippen molar-refractivity contribution in [1.82, 2.24) is 5.32 Å². The van der Waals surface area contributed by atoms with Crippen LogP contribution in [-0.2, 0) is 4.74 Å². The first-order valence-corrected chi connectivity index (χ1v) is 6.22. The van der Waals surface area contributed by atoms with E-state index in [4.69, 9.17) is 4.74 Å². The number of rotatable bonds is 3. The van der Waals surface area contributed by atoms with E-state index in [2.05, 4.69) is 12.2 Å². The van der Waals surface area contributed by atoms with E-state index in [0.717, 1.165) is 24.4 Å². The summed E-state index contributed by atoms with van der Waals surface area (Å²) < 4.78 is 5.81. The lowest BCUT2D eigenvalue weighted by molar-refractivity contribution is 0.0540. The fourth-order valence-corrected chi connectivity index (χ4v) is 3.28. The molecule has 2 aliphatic carbocycles. The van der Waals surface area contributed by atoms with Gasteiger partial charge in [-0.25, -0.2) is 0 Å². The first-order chi connectivity index (χ1) is 6.83. The van der Waals surface area contributed by atoms with Crippen molar-refractivity contribution in [1.29, 1.82) is 0 Å². The highest BCUT2D eigenvalue weighted by molar-refractivity contribution is 5.01. The fraction of sp³-hybridized carbons (Fsp3) is 1.00. The summed E-state index contributed by atoms with van der Waals surface area (Å²) in [6, 6.07) is 0.833. The van der Waals surface area contributed by atoms with Crippen LogP contribution in [0.15, 0.2) is 0 Å². The minimum absolute atomic E-state index is 0.499. The molecule has 14 heavy (non-hydrogen) atoms. The molecular formula is C12H21NO. The van der Waals surface area contributed by atoms with Crippen molar-refractivity contribution in [3.8, 4) is 0 Å². The van der Waals surface area contributed by atoms with Crippen LogP contribution in [0.4, 0.5) is 0 Å². The smallest absolute Gasteiger partial charge is 0.0704 e. The van der Waals surface area contributed by atoms with Crippen molar-refractivity contribution in [3.63, 3.8) is 0 Å². The molecule has 1 aliphatic heterocycles. The van der Waals surface area contributed by atoms with Crippen LogP contribution in [0.1, 0.15) is 39.0 Å². The molecule has 5 unspecified atom stereocenters. The maximum Gasteiger partial charge on any atom is 0.0704 e. The zero-order valence-corrected chi connectivity index (χ0v) is 9.04. The fourth-order valence-electron chi connectivity index (χ4n) is 3.28. The maximum absolute atomic E-state index is 5.81. The average molecular weight is 195 g/mol. The Morgan fingerprint density at radius 3 is 2.71 bits per heavy atom. The van der Waals surface area contributed by atoms with Gasteiger partial charge in [0.1, 0.15) is 0 Å². The molecule has 0 bridgehead atoms. The molecule has 0 amide bonds. The van der Waals surface area contributed by atoms with Gasteiger partial charge in [0.25, 0.3) is 0 Å². The molecule has 5 atom stereocenters. The number of hydrogen-bond donors (Lipinski definition) is 1. The SMILES string of the molecule is CC1CCC(CNC2CCC3CC32)O1. The highest BCUT2D eigenvalue weighted by Crippen LogP contribution is 2.51. The Bertz CT molecular complexity index is 218. The Morgan fingerprint density at radius 1 is 1.21 bits per heavy atom. The van der Waals surface area contributed by atoms with Crippen molar-refractivity contribution in [3.05, 3.63) is 0 Å². The van der Waals surface area contributed by atoms with Crippen LogP contribution >= 0.6 is 0 Å². The zero-order chi connectivity index (χ0) is 9.54.